The molecule has 3 aromatic carbocycles. The van der Waals surface area contributed by atoms with E-state index in [2.05, 4.69) is 51.7 Å². The van der Waals surface area contributed by atoms with Crippen LogP contribution >= 0.6 is 0 Å². The Balaban J connectivity index is 1.04. The summed E-state index contributed by atoms with van der Waals surface area (Å²) < 4.78 is 11.3. The van der Waals surface area contributed by atoms with Gasteiger partial charge in [0.2, 0.25) is 11.8 Å². The third-order valence-electron chi connectivity index (χ3n) is 12.0. The number of hydrogen-bond donors (Lipinski definition) is 4. The highest BCUT2D eigenvalue weighted by Crippen LogP contribution is 2.45. The monoisotopic (exact) mass is 790 g/mol. The van der Waals surface area contributed by atoms with Crippen LogP contribution in [0.4, 0.5) is 9.59 Å². The Morgan fingerprint density at radius 2 is 1.59 bits per heavy atom. The molecule has 3 aliphatic heterocycles. The zero-order chi connectivity index (χ0) is 41.0. The van der Waals surface area contributed by atoms with Crippen LogP contribution in [0.25, 0.3) is 44.2 Å². The Hall–Kier alpha value is -6.12. The molecule has 0 bridgehead atoms. The van der Waals surface area contributed by atoms with E-state index in [1.807, 2.05) is 38.7 Å². The number of fused-ring (bicyclic) bond motifs is 7. The lowest BCUT2D eigenvalue weighted by Crippen LogP contribution is -2.51. The van der Waals surface area contributed by atoms with E-state index in [9.17, 15) is 24.3 Å². The third-order valence-corrected chi connectivity index (χ3v) is 12.0. The van der Waals surface area contributed by atoms with E-state index >= 15 is 0 Å². The summed E-state index contributed by atoms with van der Waals surface area (Å²) in [5.74, 6) is 1.52. The van der Waals surface area contributed by atoms with Crippen molar-refractivity contribution in [2.45, 2.75) is 84.2 Å². The van der Waals surface area contributed by atoms with Crippen molar-refractivity contribution in [2.24, 2.45) is 11.8 Å². The van der Waals surface area contributed by atoms with Crippen LogP contribution in [-0.2, 0) is 20.9 Å². The Morgan fingerprint density at radius 3 is 2.28 bits per heavy atom. The van der Waals surface area contributed by atoms with Gasteiger partial charge in [-0.1, -0.05) is 45.9 Å². The lowest BCUT2D eigenvalue weighted by atomic mass is 9.92. The Morgan fingerprint density at radius 1 is 0.897 bits per heavy atom. The summed E-state index contributed by atoms with van der Waals surface area (Å²) in [6.07, 6.45) is 3.16. The zero-order valence-corrected chi connectivity index (χ0v) is 33.7. The fourth-order valence-corrected chi connectivity index (χ4v) is 9.04. The molecular weight excluding hydrogens is 741 g/mol. The molecular formula is C43H50N8O7. The van der Waals surface area contributed by atoms with E-state index in [0.717, 1.165) is 86.1 Å². The molecule has 0 unspecified atom stereocenters. The third kappa shape index (κ3) is 6.75. The number of aromatic amines is 2. The fraction of sp³-hybridized carbons (Fsp3) is 0.442. The highest BCUT2D eigenvalue weighted by Gasteiger charge is 2.40. The van der Waals surface area contributed by atoms with E-state index in [-0.39, 0.29) is 35.7 Å². The number of hydrogen-bond acceptors (Lipinski definition) is 8. The molecule has 3 aliphatic rings. The van der Waals surface area contributed by atoms with Crippen LogP contribution in [0.5, 0.6) is 5.75 Å². The van der Waals surface area contributed by atoms with Crippen molar-refractivity contribution in [1.82, 2.24) is 40.0 Å². The van der Waals surface area contributed by atoms with Crippen molar-refractivity contribution in [2.75, 3.05) is 27.2 Å². The van der Waals surface area contributed by atoms with Crippen LogP contribution in [-0.4, -0.2) is 103 Å². The van der Waals surface area contributed by atoms with Gasteiger partial charge in [0.15, 0.2) is 0 Å². The van der Waals surface area contributed by atoms with Crippen molar-refractivity contribution >= 4 is 45.8 Å². The van der Waals surface area contributed by atoms with Crippen LogP contribution in [0.3, 0.4) is 0 Å². The predicted molar refractivity (Wildman–Crippen MR) is 217 cm³/mol. The number of nitrogens with one attached hydrogen (secondary N) is 3. The summed E-state index contributed by atoms with van der Waals surface area (Å²) in [4.78, 5) is 72.7. The van der Waals surface area contributed by atoms with Gasteiger partial charge in [0.05, 0.1) is 42.1 Å². The maximum atomic E-state index is 13.7. The number of alkyl carbamates (subject to hydrolysis) is 1. The minimum atomic E-state index is -1.13. The molecule has 4 amide bonds. The molecule has 304 valence electrons. The number of carboxylic acid groups (broad SMARTS) is 1. The summed E-state index contributed by atoms with van der Waals surface area (Å²) in [7, 11) is 2.74. The van der Waals surface area contributed by atoms with Crippen LogP contribution < -0.4 is 10.1 Å². The average Bonchev–Trinajstić information content (AvgIpc) is 4.04. The fourth-order valence-electron chi connectivity index (χ4n) is 9.04. The van der Waals surface area contributed by atoms with E-state index in [1.165, 1.54) is 14.2 Å². The first-order valence-corrected chi connectivity index (χ1v) is 20.0. The van der Waals surface area contributed by atoms with Crippen molar-refractivity contribution < 1.29 is 33.8 Å². The molecule has 0 saturated carbocycles. The number of carbonyl (C=O) groups excluding carboxylic acids is 3. The molecule has 2 aromatic heterocycles. The van der Waals surface area contributed by atoms with Crippen LogP contribution in [0.1, 0.15) is 82.7 Å². The summed E-state index contributed by atoms with van der Waals surface area (Å²) in [6, 6.07) is 12.5. The quantitative estimate of drug-likeness (QED) is 0.122. The van der Waals surface area contributed by atoms with Crippen molar-refractivity contribution in [3.8, 4) is 28.1 Å². The minimum Gasteiger partial charge on any atom is -0.488 e. The molecule has 8 rings (SSSR count). The van der Waals surface area contributed by atoms with Crippen molar-refractivity contribution in [3.63, 3.8) is 0 Å². The van der Waals surface area contributed by atoms with E-state index in [4.69, 9.17) is 19.4 Å². The summed E-state index contributed by atoms with van der Waals surface area (Å²) >= 11 is 0. The number of imidazole rings is 2. The first-order chi connectivity index (χ1) is 27.9. The molecule has 2 saturated heterocycles. The first-order valence-electron chi connectivity index (χ1n) is 20.0. The Kier molecular flexibility index (Phi) is 10.2. The topological polar surface area (TPSA) is 186 Å². The van der Waals surface area contributed by atoms with Gasteiger partial charge < -0.3 is 39.7 Å². The second-order valence-corrected chi connectivity index (χ2v) is 16.3. The number of ether oxygens (including phenoxy) is 2. The molecule has 5 aromatic rings. The average molecular weight is 791 g/mol. The number of carbonyl (C=O) groups is 4. The second kappa shape index (κ2) is 15.3. The lowest BCUT2D eigenvalue weighted by Gasteiger charge is -2.33. The molecule has 5 heterocycles. The lowest BCUT2D eigenvalue weighted by molar-refractivity contribution is -0.138. The van der Waals surface area contributed by atoms with Gasteiger partial charge in [-0.3, -0.25) is 14.5 Å². The normalized spacial score (nSPS) is 18.6. The molecule has 2 fully saturated rings. The van der Waals surface area contributed by atoms with E-state index in [1.54, 1.807) is 11.1 Å². The van der Waals surface area contributed by atoms with Gasteiger partial charge in [-0.2, -0.15) is 0 Å². The first kappa shape index (κ1) is 38.7. The van der Waals surface area contributed by atoms with Gasteiger partial charge in [0.25, 0.3) is 0 Å². The summed E-state index contributed by atoms with van der Waals surface area (Å²) in [5, 5.41) is 14.2. The molecule has 15 nitrogen and oxygen atoms in total. The van der Waals surface area contributed by atoms with Gasteiger partial charge >= 0.3 is 12.2 Å². The number of aromatic nitrogens is 4. The number of amides is 4. The number of methoxy groups -OCH3 is 1. The molecule has 58 heavy (non-hydrogen) atoms. The van der Waals surface area contributed by atoms with Crippen LogP contribution in [0.15, 0.2) is 48.7 Å². The van der Waals surface area contributed by atoms with Gasteiger partial charge in [-0.05, 0) is 78.5 Å². The highest BCUT2D eigenvalue weighted by atomic mass is 16.5. The molecule has 0 aliphatic carbocycles. The zero-order valence-electron chi connectivity index (χ0n) is 33.7. The van der Waals surface area contributed by atoms with Gasteiger partial charge in [-0.25, -0.2) is 19.6 Å². The number of nitrogens with zero attached hydrogens (tertiary/aromatic N) is 5. The molecule has 4 atom stereocenters. The maximum absolute atomic E-state index is 13.7. The van der Waals surface area contributed by atoms with Gasteiger partial charge in [0, 0.05) is 36.5 Å². The highest BCUT2D eigenvalue weighted by molar-refractivity contribution is 6.09. The number of benzene rings is 3. The summed E-state index contributed by atoms with van der Waals surface area (Å²) in [6.45, 7) is 9.01. The van der Waals surface area contributed by atoms with E-state index in [0.29, 0.717) is 31.3 Å². The SMILES string of the molecule is COC(=O)N[C@H](C(=O)N1CCC[C@H]1c1nc2c(ccc3c4c(ccc32)-c2ccc(-c3cnc([C@H]5CCCN5C(=O)[C@H](C(C)C)N(C)C(=O)O)[nH]3)cc2CO4)[nH]1)C(C)C. The molecule has 15 heteroatoms. The number of rotatable bonds is 9. The Bertz CT molecular complexity index is 2420. The van der Waals surface area contributed by atoms with Gasteiger partial charge in [0.1, 0.15) is 36.1 Å². The van der Waals surface area contributed by atoms with Crippen molar-refractivity contribution in [3.05, 3.63) is 65.9 Å². The number of likely N-dealkylation sites (N-methyl/N-ethyl adjacent to an activating group) is 1. The second-order valence-electron chi connectivity index (χ2n) is 16.3. The van der Waals surface area contributed by atoms with Crippen LogP contribution in [0, 0.1) is 11.8 Å². The maximum Gasteiger partial charge on any atom is 0.407 e. The summed E-state index contributed by atoms with van der Waals surface area (Å²) in [5.41, 5.74) is 6.53. The smallest absolute Gasteiger partial charge is 0.407 e. The Labute approximate surface area is 336 Å². The molecule has 4 N–H and O–H groups in total. The number of H-pyrrole nitrogens is 2. The largest absolute Gasteiger partial charge is 0.488 e. The molecule has 0 spiro atoms. The molecule has 0 radical (unpaired) electrons. The van der Waals surface area contributed by atoms with Crippen molar-refractivity contribution in [1.29, 1.82) is 0 Å². The van der Waals surface area contributed by atoms with E-state index < -0.39 is 24.3 Å². The van der Waals surface area contributed by atoms with Crippen LogP contribution in [0.2, 0.25) is 0 Å². The van der Waals surface area contributed by atoms with Gasteiger partial charge in [-0.15, -0.1) is 0 Å². The standard InChI is InChI=1S/C43H50N8O7/c1-22(2)34(48-42(54)57-6)40(52)50-17-8-10-33(50)39-45-30-16-15-29-27(35(30)47-39)13-14-28-26-12-11-24(19-25(26)21-58-37(28)29)31-20-44-38(46-31)32-9-7-18-51(32)41(53)36(23(3)4)49(5)43(55)56/h11-16,19-20,22-23,32-34,36H,7-10,17-18,21H2,1-6H3,(H,44,46)(H,45,47)(H,48,54)(H,55,56)/t32-,33+,34+,36+/m1/s1. The minimum absolute atomic E-state index is 0.125. The number of likely N-dealkylation sites (tertiary alicyclic amines) is 2. The predicted octanol–water partition coefficient (Wildman–Crippen LogP) is 7.01.